The maximum atomic E-state index is 5.63. The predicted octanol–water partition coefficient (Wildman–Crippen LogP) is 3.72. The molecule has 2 aromatic carbocycles. The highest BCUT2D eigenvalue weighted by molar-refractivity contribution is 5.85. The third-order valence-electron chi connectivity index (χ3n) is 6.68. The molecule has 2 unspecified atom stereocenters. The van der Waals surface area contributed by atoms with Crippen LogP contribution in [0.15, 0.2) is 61.3 Å². The van der Waals surface area contributed by atoms with Gasteiger partial charge in [0.15, 0.2) is 0 Å². The average molecular weight is 431 g/mol. The molecule has 7 nitrogen and oxygen atoms in total. The second kappa shape index (κ2) is 9.14. The molecular formula is C25H30N6O. The third-order valence-corrected chi connectivity index (χ3v) is 6.68. The quantitative estimate of drug-likeness (QED) is 0.468. The monoisotopic (exact) mass is 430 g/mol. The smallest absolute Gasteiger partial charge is 0.123 e. The topological polar surface area (TPSA) is 71.0 Å². The van der Waals surface area contributed by atoms with Crippen LogP contribution in [0, 0.1) is 0 Å². The summed E-state index contributed by atoms with van der Waals surface area (Å²) in [5, 5.41) is 12.8. The number of nitrogens with zero attached hydrogens (tertiary/aromatic N) is 4. The molecule has 3 heterocycles. The molecule has 1 aliphatic rings. The lowest BCUT2D eigenvalue weighted by atomic mass is 9.86. The van der Waals surface area contributed by atoms with E-state index in [1.807, 2.05) is 10.6 Å². The lowest BCUT2D eigenvalue weighted by molar-refractivity contribution is 0.127. The lowest BCUT2D eigenvalue weighted by Crippen LogP contribution is -2.53. The molecule has 0 radical (unpaired) electrons. The van der Waals surface area contributed by atoms with Crippen molar-refractivity contribution in [2.75, 3.05) is 26.7 Å². The normalized spacial score (nSPS) is 18.1. The van der Waals surface area contributed by atoms with Crippen molar-refractivity contribution in [3.8, 4) is 11.4 Å². The van der Waals surface area contributed by atoms with Crippen LogP contribution in [0.5, 0.6) is 5.75 Å². The number of aromatic nitrogens is 4. The van der Waals surface area contributed by atoms with Crippen molar-refractivity contribution in [2.24, 2.45) is 0 Å². The lowest BCUT2D eigenvalue weighted by Gasteiger charge is -2.41. The van der Waals surface area contributed by atoms with Gasteiger partial charge in [0.2, 0.25) is 0 Å². The van der Waals surface area contributed by atoms with Crippen molar-refractivity contribution in [1.29, 1.82) is 0 Å². The summed E-state index contributed by atoms with van der Waals surface area (Å²) in [6, 6.07) is 15.2. The number of nitrogens with one attached hydrogen (secondary N) is 2. The molecule has 5 rings (SSSR count). The van der Waals surface area contributed by atoms with Gasteiger partial charge in [-0.3, -0.25) is 9.47 Å². The Labute approximate surface area is 188 Å². The van der Waals surface area contributed by atoms with Crippen LogP contribution in [0.25, 0.3) is 16.6 Å². The van der Waals surface area contributed by atoms with E-state index in [9.17, 15) is 0 Å². The Kier molecular flexibility index (Phi) is 5.92. The minimum absolute atomic E-state index is 0.399. The largest absolute Gasteiger partial charge is 0.496 e. The number of hydrogen-bond donors (Lipinski definition) is 2. The zero-order valence-corrected chi connectivity index (χ0v) is 18.7. The van der Waals surface area contributed by atoms with Gasteiger partial charge in [0.25, 0.3) is 0 Å². The number of ether oxygens (including phenoxy) is 1. The van der Waals surface area contributed by atoms with Crippen LogP contribution in [0.3, 0.4) is 0 Å². The molecule has 7 heteroatoms. The molecular weight excluding hydrogens is 400 g/mol. The summed E-state index contributed by atoms with van der Waals surface area (Å²) in [5.41, 5.74) is 4.85. The maximum Gasteiger partial charge on any atom is 0.123 e. The van der Waals surface area contributed by atoms with Crippen molar-refractivity contribution in [3.05, 3.63) is 72.4 Å². The molecule has 0 saturated carbocycles. The second-order valence-corrected chi connectivity index (χ2v) is 8.41. The zero-order chi connectivity index (χ0) is 21.9. The van der Waals surface area contributed by atoms with Crippen molar-refractivity contribution < 1.29 is 4.74 Å². The van der Waals surface area contributed by atoms with E-state index in [-0.39, 0.29) is 0 Å². The Bertz CT molecular complexity index is 1170. The third kappa shape index (κ3) is 3.89. The fraction of sp³-hybridized carbons (Fsp3) is 0.360. The first kappa shape index (κ1) is 20.7. The van der Waals surface area contributed by atoms with E-state index in [2.05, 4.69) is 74.9 Å². The second-order valence-electron chi connectivity index (χ2n) is 8.41. The van der Waals surface area contributed by atoms with E-state index in [1.165, 1.54) is 16.5 Å². The summed E-state index contributed by atoms with van der Waals surface area (Å²) in [4.78, 5) is 6.11. The zero-order valence-electron chi connectivity index (χ0n) is 18.7. The highest BCUT2D eigenvalue weighted by atomic mass is 16.5. The van der Waals surface area contributed by atoms with Crippen LogP contribution >= 0.6 is 0 Å². The number of aromatic amines is 1. The molecule has 1 fully saturated rings. The Hall–Kier alpha value is -3.16. The summed E-state index contributed by atoms with van der Waals surface area (Å²) < 4.78 is 7.58. The molecule has 0 amide bonds. The Balaban J connectivity index is 1.48. The standard InChI is InChI=1S/C25H30N6O/c1-3-20(22-13-27-23-9-8-19(12-21(22)23)31-16-28-29-17-31)24-14-26-10-11-30(24)15-18-6-4-5-7-25(18)32-2/h4-9,12-13,16-17,20,24,26-27H,3,10-11,14-15H2,1-2H3. The highest BCUT2D eigenvalue weighted by Crippen LogP contribution is 2.35. The van der Waals surface area contributed by atoms with Crippen LogP contribution in [0.4, 0.5) is 0 Å². The number of para-hydroxylation sites is 1. The molecule has 32 heavy (non-hydrogen) atoms. The van der Waals surface area contributed by atoms with Gasteiger partial charge in [0.05, 0.1) is 7.11 Å². The summed E-state index contributed by atoms with van der Waals surface area (Å²) in [6.45, 7) is 6.19. The molecule has 166 valence electrons. The molecule has 0 aliphatic carbocycles. The number of piperazine rings is 1. The molecule has 2 atom stereocenters. The fourth-order valence-electron chi connectivity index (χ4n) is 5.04. The van der Waals surface area contributed by atoms with Gasteiger partial charge < -0.3 is 15.0 Å². The average Bonchev–Trinajstić information content (AvgIpc) is 3.51. The first-order chi connectivity index (χ1) is 15.8. The summed E-state index contributed by atoms with van der Waals surface area (Å²) in [6.07, 6.45) is 6.75. The fourth-order valence-corrected chi connectivity index (χ4v) is 5.04. The predicted molar refractivity (Wildman–Crippen MR) is 126 cm³/mol. The van der Waals surface area contributed by atoms with Crippen molar-refractivity contribution in [1.82, 2.24) is 30.0 Å². The Morgan fingerprint density at radius 1 is 1.16 bits per heavy atom. The summed E-state index contributed by atoms with van der Waals surface area (Å²) >= 11 is 0. The first-order valence-corrected chi connectivity index (χ1v) is 11.3. The Morgan fingerprint density at radius 3 is 2.81 bits per heavy atom. The molecule has 2 N–H and O–H groups in total. The van der Waals surface area contributed by atoms with Crippen molar-refractivity contribution >= 4 is 10.9 Å². The number of methoxy groups -OCH3 is 1. The van der Waals surface area contributed by atoms with Crippen LogP contribution in [0.1, 0.15) is 30.4 Å². The maximum absolute atomic E-state index is 5.63. The van der Waals surface area contributed by atoms with Crippen LogP contribution in [-0.4, -0.2) is 57.4 Å². The first-order valence-electron chi connectivity index (χ1n) is 11.3. The van der Waals surface area contributed by atoms with E-state index in [0.29, 0.717) is 12.0 Å². The van der Waals surface area contributed by atoms with Crippen LogP contribution in [0.2, 0.25) is 0 Å². The van der Waals surface area contributed by atoms with E-state index < -0.39 is 0 Å². The van der Waals surface area contributed by atoms with E-state index in [0.717, 1.165) is 49.6 Å². The van der Waals surface area contributed by atoms with Crippen LogP contribution < -0.4 is 10.1 Å². The number of hydrogen-bond acceptors (Lipinski definition) is 5. The SMILES string of the molecule is CCC(c1c[nH]c2ccc(-n3cnnc3)cc12)C1CNCCN1Cc1ccccc1OC. The van der Waals surface area contributed by atoms with Gasteiger partial charge in [0, 0.05) is 66.5 Å². The summed E-state index contributed by atoms with van der Waals surface area (Å²) in [7, 11) is 1.75. The van der Waals surface area contributed by atoms with Crippen molar-refractivity contribution in [2.45, 2.75) is 31.8 Å². The number of rotatable bonds is 7. The summed E-state index contributed by atoms with van der Waals surface area (Å²) in [5.74, 6) is 1.37. The molecule has 0 spiro atoms. The van der Waals surface area contributed by atoms with Gasteiger partial charge in [-0.05, 0) is 36.2 Å². The Morgan fingerprint density at radius 2 is 2.00 bits per heavy atom. The van der Waals surface area contributed by atoms with E-state index >= 15 is 0 Å². The van der Waals surface area contributed by atoms with Gasteiger partial charge >= 0.3 is 0 Å². The minimum atomic E-state index is 0.399. The number of benzene rings is 2. The molecule has 1 aliphatic heterocycles. The van der Waals surface area contributed by atoms with E-state index in [4.69, 9.17) is 4.74 Å². The minimum Gasteiger partial charge on any atom is -0.496 e. The molecule has 0 bridgehead atoms. The number of H-pyrrole nitrogens is 1. The number of fused-ring (bicyclic) bond motifs is 1. The van der Waals surface area contributed by atoms with Crippen LogP contribution in [-0.2, 0) is 6.54 Å². The molecule has 1 saturated heterocycles. The van der Waals surface area contributed by atoms with E-state index in [1.54, 1.807) is 19.8 Å². The molecule has 4 aromatic rings. The van der Waals surface area contributed by atoms with Gasteiger partial charge in [-0.15, -0.1) is 10.2 Å². The van der Waals surface area contributed by atoms with Gasteiger partial charge in [0.1, 0.15) is 18.4 Å². The molecule has 2 aromatic heterocycles. The van der Waals surface area contributed by atoms with Crippen molar-refractivity contribution in [3.63, 3.8) is 0 Å². The highest BCUT2D eigenvalue weighted by Gasteiger charge is 2.31. The van der Waals surface area contributed by atoms with Gasteiger partial charge in [-0.1, -0.05) is 25.1 Å². The van der Waals surface area contributed by atoms with Gasteiger partial charge in [-0.25, -0.2) is 0 Å². The van der Waals surface area contributed by atoms with Gasteiger partial charge in [-0.2, -0.15) is 0 Å².